The highest BCUT2D eigenvalue weighted by atomic mass is 16.6. The fourth-order valence-corrected chi connectivity index (χ4v) is 2.88. The van der Waals surface area contributed by atoms with Crippen molar-refractivity contribution in [2.45, 2.75) is 44.8 Å². The van der Waals surface area contributed by atoms with E-state index < -0.39 is 37.1 Å². The number of aromatic nitrogens is 4. The van der Waals surface area contributed by atoms with Gasteiger partial charge in [-0.1, -0.05) is 6.92 Å². The van der Waals surface area contributed by atoms with Crippen LogP contribution in [0, 0.1) is 0 Å². The molecular weight excluding hydrogens is 318 g/mol. The van der Waals surface area contributed by atoms with Gasteiger partial charge in [0.2, 0.25) is 0 Å². The number of nitrogens with zero attached hydrogens (tertiary/aromatic N) is 4. The van der Waals surface area contributed by atoms with Crippen molar-refractivity contribution in [3.63, 3.8) is 0 Å². The van der Waals surface area contributed by atoms with Gasteiger partial charge < -0.3 is 25.4 Å². The number of fused-ring (bicyclic) bond motifs is 1. The zero-order chi connectivity index (χ0) is 17.4. The van der Waals surface area contributed by atoms with Gasteiger partial charge in [0.25, 0.3) is 0 Å². The third kappa shape index (κ3) is 2.58. The summed E-state index contributed by atoms with van der Waals surface area (Å²) in [4.78, 5) is 23.9. The second kappa shape index (κ2) is 6.30. The molecule has 0 aliphatic carbocycles. The molecule has 2 aromatic rings. The molecule has 0 saturated carbocycles. The van der Waals surface area contributed by atoms with E-state index in [0.29, 0.717) is 23.4 Å². The molecule has 0 bridgehead atoms. The summed E-state index contributed by atoms with van der Waals surface area (Å²) in [6.45, 7) is 2.71. The Hall–Kier alpha value is -2.30. The standard InChI is InChI=1S/C14H19N5O5/c1-3-8-18-9-12(15)16-5-17-13(9)19(8)14-11(23-6(2)21)10(22)7(4-20)24-14/h5,7,10-11,14,20,22H,3-4H2,1-2H3,(H2,15,16,17)/t7-,10-,11-,14-/m1/s1. The molecule has 1 saturated heterocycles. The van der Waals surface area contributed by atoms with Gasteiger partial charge in [0.1, 0.15) is 24.4 Å². The third-order valence-electron chi connectivity index (χ3n) is 3.94. The van der Waals surface area contributed by atoms with E-state index >= 15 is 0 Å². The lowest BCUT2D eigenvalue weighted by atomic mass is 10.1. The summed E-state index contributed by atoms with van der Waals surface area (Å²) in [6, 6.07) is 0. The Morgan fingerprint density at radius 3 is 2.88 bits per heavy atom. The van der Waals surface area contributed by atoms with Gasteiger partial charge in [-0.05, 0) is 0 Å². The summed E-state index contributed by atoms with van der Waals surface area (Å²) >= 11 is 0. The summed E-state index contributed by atoms with van der Waals surface area (Å²) in [5.41, 5.74) is 6.66. The Balaban J connectivity index is 2.13. The molecule has 4 N–H and O–H groups in total. The Kier molecular flexibility index (Phi) is 4.35. The number of aryl methyl sites for hydroxylation is 1. The Bertz CT molecular complexity index is 763. The first-order valence-corrected chi connectivity index (χ1v) is 7.56. The molecule has 0 unspecified atom stereocenters. The molecule has 2 aromatic heterocycles. The second-order valence-electron chi connectivity index (χ2n) is 5.50. The number of carbonyl (C=O) groups excluding carboxylic acids is 1. The van der Waals surface area contributed by atoms with Crippen LogP contribution in [0.5, 0.6) is 0 Å². The predicted octanol–water partition coefficient (Wildman–Crippen LogP) is -0.847. The Labute approximate surface area is 137 Å². The van der Waals surface area contributed by atoms with Crippen LogP contribution in [0.25, 0.3) is 11.2 Å². The molecule has 0 spiro atoms. The molecule has 3 rings (SSSR count). The number of anilines is 1. The largest absolute Gasteiger partial charge is 0.455 e. The van der Waals surface area contributed by atoms with Crippen molar-refractivity contribution < 1.29 is 24.5 Å². The van der Waals surface area contributed by atoms with Crippen LogP contribution in [-0.4, -0.2) is 60.6 Å². The minimum atomic E-state index is -1.18. The average Bonchev–Trinajstić information content (AvgIpc) is 3.06. The lowest BCUT2D eigenvalue weighted by Crippen LogP contribution is -2.36. The van der Waals surface area contributed by atoms with Gasteiger partial charge in [0.05, 0.1) is 6.61 Å². The van der Waals surface area contributed by atoms with Crippen LogP contribution in [-0.2, 0) is 20.7 Å². The second-order valence-corrected chi connectivity index (χ2v) is 5.50. The fraction of sp³-hybridized carbons (Fsp3) is 0.571. The van der Waals surface area contributed by atoms with Gasteiger partial charge in [-0.3, -0.25) is 9.36 Å². The maximum absolute atomic E-state index is 11.4. The number of hydrogen-bond donors (Lipinski definition) is 3. The van der Waals surface area contributed by atoms with E-state index in [0.717, 1.165) is 0 Å². The van der Waals surface area contributed by atoms with E-state index in [2.05, 4.69) is 15.0 Å². The monoisotopic (exact) mass is 337 g/mol. The highest BCUT2D eigenvalue weighted by molar-refractivity contribution is 5.82. The van der Waals surface area contributed by atoms with Crippen molar-refractivity contribution in [1.82, 2.24) is 19.5 Å². The Morgan fingerprint density at radius 2 is 2.25 bits per heavy atom. The molecule has 130 valence electrons. The minimum absolute atomic E-state index is 0.217. The fourth-order valence-electron chi connectivity index (χ4n) is 2.88. The van der Waals surface area contributed by atoms with Crippen LogP contribution in [0.2, 0.25) is 0 Å². The predicted molar refractivity (Wildman–Crippen MR) is 81.7 cm³/mol. The molecular formula is C14H19N5O5. The lowest BCUT2D eigenvalue weighted by molar-refractivity contribution is -0.155. The first-order valence-electron chi connectivity index (χ1n) is 7.56. The number of nitrogens with two attached hydrogens (primary N) is 1. The summed E-state index contributed by atoms with van der Waals surface area (Å²) in [6.07, 6.45) is -2.12. The molecule has 4 atom stereocenters. The smallest absolute Gasteiger partial charge is 0.303 e. The van der Waals surface area contributed by atoms with Crippen molar-refractivity contribution in [2.75, 3.05) is 12.3 Å². The maximum Gasteiger partial charge on any atom is 0.303 e. The number of ether oxygens (including phenoxy) is 2. The summed E-state index contributed by atoms with van der Waals surface area (Å²) in [5, 5.41) is 19.7. The van der Waals surface area contributed by atoms with Crippen molar-refractivity contribution in [2.24, 2.45) is 0 Å². The first kappa shape index (κ1) is 16.6. The molecule has 3 heterocycles. The number of nitrogen functional groups attached to an aromatic ring is 1. The normalized spacial score (nSPS) is 26.8. The highest BCUT2D eigenvalue weighted by Crippen LogP contribution is 2.35. The zero-order valence-corrected chi connectivity index (χ0v) is 13.3. The van der Waals surface area contributed by atoms with Crippen molar-refractivity contribution in [3.8, 4) is 0 Å². The van der Waals surface area contributed by atoms with Gasteiger partial charge in [-0.2, -0.15) is 0 Å². The molecule has 1 aliphatic heterocycles. The SMILES string of the molecule is CCc1nc2c(N)ncnc2n1[C@@H]1O[C@H](CO)[C@@H](O)[C@H]1OC(C)=O. The van der Waals surface area contributed by atoms with Gasteiger partial charge >= 0.3 is 5.97 Å². The van der Waals surface area contributed by atoms with E-state index in [4.69, 9.17) is 15.2 Å². The van der Waals surface area contributed by atoms with Crippen LogP contribution in [0.3, 0.4) is 0 Å². The number of aliphatic hydroxyl groups excluding tert-OH is 2. The van der Waals surface area contributed by atoms with Crippen LogP contribution in [0.15, 0.2) is 6.33 Å². The molecule has 1 fully saturated rings. The third-order valence-corrected chi connectivity index (χ3v) is 3.94. The number of esters is 1. The molecule has 0 radical (unpaired) electrons. The number of hydrogen-bond acceptors (Lipinski definition) is 9. The summed E-state index contributed by atoms with van der Waals surface area (Å²) in [7, 11) is 0. The van der Waals surface area contributed by atoms with Gasteiger partial charge in [0, 0.05) is 13.3 Å². The highest BCUT2D eigenvalue weighted by Gasteiger charge is 2.48. The van der Waals surface area contributed by atoms with E-state index in [1.165, 1.54) is 13.3 Å². The molecule has 24 heavy (non-hydrogen) atoms. The van der Waals surface area contributed by atoms with Crippen molar-refractivity contribution in [1.29, 1.82) is 0 Å². The zero-order valence-electron chi connectivity index (χ0n) is 13.3. The number of aliphatic hydroxyl groups is 2. The van der Waals surface area contributed by atoms with Crippen LogP contribution < -0.4 is 5.73 Å². The molecule has 0 aromatic carbocycles. The summed E-state index contributed by atoms with van der Waals surface area (Å²) < 4.78 is 12.6. The van der Waals surface area contributed by atoms with E-state index in [1.54, 1.807) is 4.57 Å². The van der Waals surface area contributed by atoms with Crippen LogP contribution in [0.1, 0.15) is 25.9 Å². The van der Waals surface area contributed by atoms with Crippen LogP contribution in [0.4, 0.5) is 5.82 Å². The van der Waals surface area contributed by atoms with E-state index in [9.17, 15) is 15.0 Å². The van der Waals surface area contributed by atoms with Gasteiger partial charge in [0.15, 0.2) is 29.3 Å². The first-order chi connectivity index (χ1) is 11.5. The minimum Gasteiger partial charge on any atom is -0.455 e. The topological polar surface area (TPSA) is 146 Å². The average molecular weight is 337 g/mol. The molecule has 0 amide bonds. The van der Waals surface area contributed by atoms with E-state index in [-0.39, 0.29) is 5.82 Å². The number of carbonyl (C=O) groups is 1. The van der Waals surface area contributed by atoms with Gasteiger partial charge in [-0.15, -0.1) is 0 Å². The lowest BCUT2D eigenvalue weighted by Gasteiger charge is -2.22. The molecule has 1 aliphatic rings. The van der Waals surface area contributed by atoms with Crippen molar-refractivity contribution >= 4 is 23.0 Å². The summed E-state index contributed by atoms with van der Waals surface area (Å²) in [5.74, 6) is 0.239. The Morgan fingerprint density at radius 1 is 1.50 bits per heavy atom. The number of imidazole rings is 1. The van der Waals surface area contributed by atoms with E-state index in [1.807, 2.05) is 6.92 Å². The quantitative estimate of drug-likeness (QED) is 0.607. The van der Waals surface area contributed by atoms with Gasteiger partial charge in [-0.25, -0.2) is 15.0 Å². The number of rotatable bonds is 4. The van der Waals surface area contributed by atoms with Crippen LogP contribution >= 0.6 is 0 Å². The molecule has 10 heteroatoms. The van der Waals surface area contributed by atoms with Crippen molar-refractivity contribution in [3.05, 3.63) is 12.2 Å². The maximum atomic E-state index is 11.4. The molecule has 10 nitrogen and oxygen atoms in total.